The number of hydrogen-bond acceptors (Lipinski definition) is 4. The molecular formula is C20H20FN3O. The molecule has 0 saturated carbocycles. The predicted molar refractivity (Wildman–Crippen MR) is 91.6 cm³/mol. The molecule has 25 heavy (non-hydrogen) atoms. The molecule has 2 bridgehead atoms. The molecule has 1 aromatic heterocycles. The second-order valence-electron chi connectivity index (χ2n) is 6.91. The van der Waals surface area contributed by atoms with Crippen LogP contribution in [0, 0.1) is 17.1 Å². The van der Waals surface area contributed by atoms with Crippen LogP contribution in [-0.4, -0.2) is 17.1 Å². The lowest BCUT2D eigenvalue weighted by Gasteiger charge is -2.28. The number of nitriles is 1. The molecule has 2 aliphatic rings. The maximum atomic E-state index is 13.9. The highest BCUT2D eigenvalue weighted by molar-refractivity contribution is 5.33. The van der Waals surface area contributed by atoms with Gasteiger partial charge in [-0.25, -0.2) is 9.37 Å². The van der Waals surface area contributed by atoms with Crippen molar-refractivity contribution in [1.29, 1.82) is 5.26 Å². The lowest BCUT2D eigenvalue weighted by Crippen LogP contribution is -2.37. The maximum Gasteiger partial charge on any atom is 0.213 e. The van der Waals surface area contributed by atoms with E-state index in [9.17, 15) is 4.39 Å². The molecule has 3 heterocycles. The summed E-state index contributed by atoms with van der Waals surface area (Å²) >= 11 is 0. The number of nitrogens with zero attached hydrogens (tertiary/aromatic N) is 2. The topological polar surface area (TPSA) is 57.9 Å². The van der Waals surface area contributed by atoms with Crippen molar-refractivity contribution in [3.8, 4) is 11.9 Å². The lowest BCUT2D eigenvalue weighted by atomic mass is 9.89. The molecule has 1 N–H and O–H groups in total. The van der Waals surface area contributed by atoms with Crippen LogP contribution in [0.1, 0.15) is 48.4 Å². The molecule has 2 atom stereocenters. The molecule has 0 spiro atoms. The molecule has 0 radical (unpaired) electrons. The van der Waals surface area contributed by atoms with E-state index in [4.69, 9.17) is 10.00 Å². The average Bonchev–Trinajstić information content (AvgIpc) is 2.98. The Morgan fingerprint density at radius 3 is 2.72 bits per heavy atom. The summed E-state index contributed by atoms with van der Waals surface area (Å²) in [6, 6.07) is 13.4. The van der Waals surface area contributed by atoms with Crippen molar-refractivity contribution in [1.82, 2.24) is 10.3 Å². The van der Waals surface area contributed by atoms with Crippen LogP contribution < -0.4 is 10.1 Å². The summed E-state index contributed by atoms with van der Waals surface area (Å²) < 4.78 is 19.6. The normalized spacial score (nSPS) is 24.7. The Balaban J connectivity index is 1.44. The monoisotopic (exact) mass is 337 g/mol. The minimum Gasteiger partial charge on any atom is -0.473 e. The second-order valence-corrected chi connectivity index (χ2v) is 6.91. The number of ether oxygens (including phenoxy) is 1. The van der Waals surface area contributed by atoms with Crippen LogP contribution in [0.2, 0.25) is 0 Å². The fourth-order valence-electron chi connectivity index (χ4n) is 3.92. The fraction of sp³-hybridized carbons (Fsp3) is 0.400. The van der Waals surface area contributed by atoms with Gasteiger partial charge in [0, 0.05) is 35.3 Å². The molecule has 2 aromatic rings. The van der Waals surface area contributed by atoms with Crippen LogP contribution >= 0.6 is 0 Å². The van der Waals surface area contributed by atoms with Gasteiger partial charge in [0.05, 0.1) is 11.6 Å². The maximum absolute atomic E-state index is 13.9. The highest BCUT2D eigenvalue weighted by Gasteiger charge is 2.34. The molecule has 5 heteroatoms. The zero-order valence-electron chi connectivity index (χ0n) is 13.9. The van der Waals surface area contributed by atoms with Gasteiger partial charge in [0.15, 0.2) is 0 Å². The van der Waals surface area contributed by atoms with Crippen LogP contribution in [0.5, 0.6) is 5.88 Å². The van der Waals surface area contributed by atoms with Crippen molar-refractivity contribution in [2.45, 2.75) is 50.3 Å². The standard InChI is InChI=1S/C20H20FN3O/c21-18-8-13(11-22)4-5-14(18)12-25-20-3-1-2-19(24-20)15-9-16-6-7-17(10-15)23-16/h1-5,8,15-17,23H,6-7,9-10,12H2. The van der Waals surface area contributed by atoms with Gasteiger partial charge in [-0.1, -0.05) is 12.1 Å². The number of aromatic nitrogens is 1. The van der Waals surface area contributed by atoms with Crippen LogP contribution in [0.4, 0.5) is 4.39 Å². The van der Waals surface area contributed by atoms with Gasteiger partial charge in [-0.15, -0.1) is 0 Å². The van der Waals surface area contributed by atoms with E-state index >= 15 is 0 Å². The minimum absolute atomic E-state index is 0.103. The first-order valence-electron chi connectivity index (χ1n) is 8.75. The molecule has 2 unspecified atom stereocenters. The summed E-state index contributed by atoms with van der Waals surface area (Å²) in [6.45, 7) is 0.103. The Bertz CT molecular complexity index is 805. The number of benzene rings is 1. The molecule has 4 rings (SSSR count). The zero-order valence-corrected chi connectivity index (χ0v) is 13.9. The van der Waals surface area contributed by atoms with Crippen LogP contribution in [0.25, 0.3) is 0 Å². The molecule has 2 aliphatic heterocycles. The molecule has 0 amide bonds. The van der Waals surface area contributed by atoms with Gasteiger partial charge >= 0.3 is 0 Å². The van der Waals surface area contributed by atoms with Gasteiger partial charge in [0.25, 0.3) is 0 Å². The molecule has 0 aliphatic carbocycles. The van der Waals surface area contributed by atoms with Crippen molar-refractivity contribution >= 4 is 0 Å². The molecular weight excluding hydrogens is 317 g/mol. The average molecular weight is 337 g/mol. The van der Waals surface area contributed by atoms with Crippen molar-refractivity contribution in [3.05, 3.63) is 59.0 Å². The number of halogens is 1. The Kier molecular flexibility index (Phi) is 4.37. The molecule has 128 valence electrons. The van der Waals surface area contributed by atoms with E-state index in [-0.39, 0.29) is 6.61 Å². The SMILES string of the molecule is N#Cc1ccc(COc2cccc(C3CC4CCC(C3)N4)n2)c(F)c1. The van der Waals surface area contributed by atoms with Crippen molar-refractivity contribution in [2.75, 3.05) is 0 Å². The Morgan fingerprint density at radius 1 is 1.20 bits per heavy atom. The third-order valence-corrected chi connectivity index (χ3v) is 5.19. The third-order valence-electron chi connectivity index (χ3n) is 5.19. The summed E-state index contributed by atoms with van der Waals surface area (Å²) in [5.74, 6) is 0.561. The van der Waals surface area contributed by atoms with E-state index in [0.29, 0.717) is 35.0 Å². The zero-order chi connectivity index (χ0) is 17.2. The molecule has 2 saturated heterocycles. The Labute approximate surface area is 146 Å². The van der Waals surface area contributed by atoms with Gasteiger partial charge in [0.2, 0.25) is 5.88 Å². The first kappa shape index (κ1) is 16.0. The van der Waals surface area contributed by atoms with Gasteiger partial charge < -0.3 is 10.1 Å². The summed E-state index contributed by atoms with van der Waals surface area (Å²) in [7, 11) is 0. The van der Waals surface area contributed by atoms with Gasteiger partial charge in [-0.3, -0.25) is 0 Å². The minimum atomic E-state index is -0.426. The molecule has 4 nitrogen and oxygen atoms in total. The fourth-order valence-corrected chi connectivity index (χ4v) is 3.92. The lowest BCUT2D eigenvalue weighted by molar-refractivity contribution is 0.284. The smallest absolute Gasteiger partial charge is 0.213 e. The highest BCUT2D eigenvalue weighted by atomic mass is 19.1. The second kappa shape index (κ2) is 6.81. The first-order valence-corrected chi connectivity index (χ1v) is 8.75. The van der Waals surface area contributed by atoms with E-state index in [1.54, 1.807) is 18.2 Å². The van der Waals surface area contributed by atoms with Crippen LogP contribution in [0.15, 0.2) is 36.4 Å². The number of nitrogens with one attached hydrogen (secondary N) is 1. The summed E-state index contributed by atoms with van der Waals surface area (Å²) in [5.41, 5.74) is 1.80. The van der Waals surface area contributed by atoms with Crippen molar-refractivity contribution < 1.29 is 9.13 Å². The number of pyridine rings is 1. The molecule has 1 aromatic carbocycles. The Morgan fingerprint density at radius 2 is 2.00 bits per heavy atom. The van der Waals surface area contributed by atoms with Crippen LogP contribution in [-0.2, 0) is 6.61 Å². The van der Waals surface area contributed by atoms with Crippen LogP contribution in [0.3, 0.4) is 0 Å². The highest BCUT2D eigenvalue weighted by Crippen LogP contribution is 2.36. The van der Waals surface area contributed by atoms with Crippen molar-refractivity contribution in [3.63, 3.8) is 0 Å². The number of rotatable bonds is 4. The van der Waals surface area contributed by atoms with E-state index in [1.807, 2.05) is 12.1 Å². The Hall–Kier alpha value is -2.45. The predicted octanol–water partition coefficient (Wildman–Crippen LogP) is 3.67. The van der Waals surface area contributed by atoms with Gasteiger partial charge in [-0.05, 0) is 43.9 Å². The van der Waals surface area contributed by atoms with E-state index in [0.717, 1.165) is 18.5 Å². The largest absolute Gasteiger partial charge is 0.473 e. The summed E-state index contributed by atoms with van der Waals surface area (Å²) in [5, 5.41) is 12.4. The van der Waals surface area contributed by atoms with Gasteiger partial charge in [-0.2, -0.15) is 5.26 Å². The van der Waals surface area contributed by atoms with E-state index in [2.05, 4.69) is 16.4 Å². The van der Waals surface area contributed by atoms with Gasteiger partial charge in [0.1, 0.15) is 12.4 Å². The number of fused-ring (bicyclic) bond motifs is 2. The van der Waals surface area contributed by atoms with E-state index < -0.39 is 5.82 Å². The summed E-state index contributed by atoms with van der Waals surface area (Å²) in [6.07, 6.45) is 4.76. The van der Waals surface area contributed by atoms with Crippen molar-refractivity contribution in [2.24, 2.45) is 0 Å². The number of piperidine rings is 1. The van der Waals surface area contributed by atoms with E-state index in [1.165, 1.54) is 18.9 Å². The third kappa shape index (κ3) is 3.49. The number of hydrogen-bond donors (Lipinski definition) is 1. The molecule has 2 fully saturated rings. The quantitative estimate of drug-likeness (QED) is 0.925. The first-order chi connectivity index (χ1) is 12.2. The summed E-state index contributed by atoms with van der Waals surface area (Å²) in [4.78, 5) is 4.65.